The quantitative estimate of drug-likeness (QED) is 0.660. The van der Waals surface area contributed by atoms with Crippen molar-refractivity contribution in [2.24, 2.45) is 5.41 Å². The molecule has 5 rings (SSSR count). The van der Waals surface area contributed by atoms with Gasteiger partial charge < -0.3 is 14.7 Å². The van der Waals surface area contributed by atoms with Crippen LogP contribution in [0.5, 0.6) is 0 Å². The summed E-state index contributed by atoms with van der Waals surface area (Å²) in [4.78, 5) is 25.5. The van der Waals surface area contributed by atoms with Crippen LogP contribution >= 0.6 is 0 Å². The summed E-state index contributed by atoms with van der Waals surface area (Å²) >= 11 is 0. The van der Waals surface area contributed by atoms with Crippen molar-refractivity contribution in [1.29, 1.82) is 5.26 Å². The van der Waals surface area contributed by atoms with E-state index in [-0.39, 0.29) is 5.41 Å². The Morgan fingerprint density at radius 1 is 1.25 bits per heavy atom. The third-order valence-corrected chi connectivity index (χ3v) is 7.62. The molecule has 1 saturated heterocycles. The molecule has 0 radical (unpaired) electrons. The molecule has 1 saturated carbocycles. The standard InChI is InChI=1S/C28H33N5O3/c1-26(2,35)23-15-31-24(16-30-23)33-19-28(36-25(33)34)11-6-10-27(3,17-28)18-32-12-5-4-7-21-9-8-20(14-29)13-22(21)32/h5,8-9,12-13,15-16,35H,4,6-7,10-11,17-19H2,1-3H3/t27-,28-/m0/s1. The molecule has 3 heterocycles. The molecular formula is C28H33N5O3. The fraction of sp³-hybridized carbons (Fsp3) is 0.500. The van der Waals surface area contributed by atoms with E-state index in [1.54, 1.807) is 18.7 Å². The summed E-state index contributed by atoms with van der Waals surface area (Å²) in [6.07, 6.45) is 12.5. The van der Waals surface area contributed by atoms with E-state index in [1.165, 1.54) is 18.0 Å². The van der Waals surface area contributed by atoms with E-state index in [0.717, 1.165) is 50.8 Å². The molecule has 1 aliphatic carbocycles. The summed E-state index contributed by atoms with van der Waals surface area (Å²) in [5.41, 5.74) is 1.70. The highest BCUT2D eigenvalue weighted by molar-refractivity contribution is 5.89. The molecule has 2 fully saturated rings. The normalized spacial score (nSPS) is 25.9. The lowest BCUT2D eigenvalue weighted by atomic mass is 9.68. The molecule has 1 aromatic carbocycles. The average Bonchev–Trinajstić information content (AvgIpc) is 3.01. The third-order valence-electron chi connectivity index (χ3n) is 7.62. The molecule has 0 unspecified atom stereocenters. The fourth-order valence-electron chi connectivity index (χ4n) is 5.91. The highest BCUT2D eigenvalue weighted by atomic mass is 16.6. The van der Waals surface area contributed by atoms with Crippen molar-refractivity contribution >= 4 is 17.6 Å². The number of aliphatic hydroxyl groups is 1. The van der Waals surface area contributed by atoms with Crippen LogP contribution in [0.25, 0.3) is 0 Å². The Hall–Kier alpha value is -3.44. The van der Waals surface area contributed by atoms with E-state index in [0.29, 0.717) is 23.6 Å². The largest absolute Gasteiger partial charge is 0.441 e. The van der Waals surface area contributed by atoms with Crippen LogP contribution in [0.2, 0.25) is 0 Å². The molecule has 3 aliphatic rings. The lowest BCUT2D eigenvalue weighted by Gasteiger charge is -2.45. The maximum Gasteiger partial charge on any atom is 0.416 e. The Bertz CT molecular complexity index is 1230. The van der Waals surface area contributed by atoms with Gasteiger partial charge in [0.25, 0.3) is 0 Å². The van der Waals surface area contributed by atoms with Crippen LogP contribution < -0.4 is 9.80 Å². The zero-order valence-corrected chi connectivity index (χ0v) is 21.2. The number of anilines is 2. The van der Waals surface area contributed by atoms with Crippen LogP contribution in [-0.2, 0) is 16.8 Å². The van der Waals surface area contributed by atoms with Gasteiger partial charge in [0, 0.05) is 18.4 Å². The Kier molecular flexibility index (Phi) is 6.00. The number of nitrogens with zero attached hydrogens (tertiary/aromatic N) is 5. The number of hydrogen-bond donors (Lipinski definition) is 1. The summed E-state index contributed by atoms with van der Waals surface area (Å²) in [7, 11) is 0. The second kappa shape index (κ2) is 8.90. The number of ether oxygens (including phenoxy) is 1. The van der Waals surface area contributed by atoms with Gasteiger partial charge >= 0.3 is 6.09 Å². The third kappa shape index (κ3) is 4.68. The van der Waals surface area contributed by atoms with Gasteiger partial charge in [0.1, 0.15) is 11.2 Å². The number of aromatic nitrogens is 2. The van der Waals surface area contributed by atoms with Crippen molar-refractivity contribution in [2.45, 2.75) is 70.5 Å². The summed E-state index contributed by atoms with van der Waals surface area (Å²) < 4.78 is 6.06. The summed E-state index contributed by atoms with van der Waals surface area (Å²) in [5.74, 6) is 0.436. The van der Waals surface area contributed by atoms with E-state index in [2.05, 4.69) is 46.2 Å². The molecule has 1 amide bonds. The molecule has 2 aromatic rings. The van der Waals surface area contributed by atoms with E-state index >= 15 is 0 Å². The number of carbonyl (C=O) groups is 1. The number of rotatable bonds is 4. The highest BCUT2D eigenvalue weighted by Crippen LogP contribution is 2.48. The first kappa shape index (κ1) is 24.3. The molecule has 2 atom stereocenters. The number of nitriles is 1. The molecule has 1 N–H and O–H groups in total. The van der Waals surface area contributed by atoms with Crippen LogP contribution in [0.4, 0.5) is 16.3 Å². The lowest BCUT2D eigenvalue weighted by Crippen LogP contribution is -2.47. The van der Waals surface area contributed by atoms with Crippen molar-refractivity contribution in [3.8, 4) is 6.07 Å². The SMILES string of the molecule is CC(C)(O)c1cnc(N2C[C@@]3(CCC[C@](C)(CN4C=CCCc5ccc(C#N)cc54)C3)OC2=O)cn1. The molecule has 8 nitrogen and oxygen atoms in total. The smallest absolute Gasteiger partial charge is 0.416 e. The van der Waals surface area contributed by atoms with Gasteiger partial charge in [-0.1, -0.05) is 19.1 Å². The Balaban J connectivity index is 1.36. The number of benzene rings is 1. The first-order valence-corrected chi connectivity index (χ1v) is 12.6. The van der Waals surface area contributed by atoms with E-state index in [1.807, 2.05) is 12.1 Å². The van der Waals surface area contributed by atoms with Gasteiger partial charge in [0.15, 0.2) is 5.82 Å². The van der Waals surface area contributed by atoms with Crippen molar-refractivity contribution in [3.63, 3.8) is 0 Å². The minimum absolute atomic E-state index is 0.0837. The molecule has 0 bridgehead atoms. The maximum atomic E-state index is 12.9. The Morgan fingerprint density at radius 2 is 2.08 bits per heavy atom. The van der Waals surface area contributed by atoms with Crippen LogP contribution in [-0.4, -0.2) is 39.9 Å². The van der Waals surface area contributed by atoms with Crippen LogP contribution in [0.15, 0.2) is 42.9 Å². The van der Waals surface area contributed by atoms with Gasteiger partial charge in [0.05, 0.1) is 36.3 Å². The molecule has 2 aliphatic heterocycles. The van der Waals surface area contributed by atoms with Crippen molar-refractivity contribution < 1.29 is 14.6 Å². The molecule has 8 heteroatoms. The van der Waals surface area contributed by atoms with Crippen LogP contribution in [0, 0.1) is 16.7 Å². The Morgan fingerprint density at radius 3 is 2.81 bits per heavy atom. The van der Waals surface area contributed by atoms with Gasteiger partial charge in [-0.3, -0.25) is 9.88 Å². The van der Waals surface area contributed by atoms with E-state index in [9.17, 15) is 15.2 Å². The van der Waals surface area contributed by atoms with Crippen molar-refractivity contribution in [3.05, 3.63) is 59.7 Å². The van der Waals surface area contributed by atoms with Gasteiger partial charge in [-0.2, -0.15) is 5.26 Å². The number of hydrogen-bond acceptors (Lipinski definition) is 7. The first-order valence-electron chi connectivity index (χ1n) is 12.6. The predicted octanol–water partition coefficient (Wildman–Crippen LogP) is 4.82. The van der Waals surface area contributed by atoms with Gasteiger partial charge in [-0.25, -0.2) is 9.78 Å². The molecular weight excluding hydrogens is 454 g/mol. The minimum atomic E-state index is -1.10. The summed E-state index contributed by atoms with van der Waals surface area (Å²) in [5, 5.41) is 19.6. The number of aryl methyl sites for hydroxylation is 1. The Labute approximate surface area is 212 Å². The number of fused-ring (bicyclic) bond motifs is 1. The zero-order chi connectivity index (χ0) is 25.6. The first-order chi connectivity index (χ1) is 17.1. The topological polar surface area (TPSA) is 103 Å². The summed E-state index contributed by atoms with van der Waals surface area (Å²) in [6.45, 7) is 6.79. The highest BCUT2D eigenvalue weighted by Gasteiger charge is 2.52. The van der Waals surface area contributed by atoms with Crippen LogP contribution in [0.3, 0.4) is 0 Å². The molecule has 36 heavy (non-hydrogen) atoms. The van der Waals surface area contributed by atoms with E-state index in [4.69, 9.17) is 4.74 Å². The van der Waals surface area contributed by atoms with E-state index < -0.39 is 17.3 Å². The molecule has 1 spiro atoms. The number of allylic oxidation sites excluding steroid dienone is 1. The maximum absolute atomic E-state index is 12.9. The van der Waals surface area contributed by atoms with Gasteiger partial charge in [0.2, 0.25) is 0 Å². The predicted molar refractivity (Wildman–Crippen MR) is 136 cm³/mol. The fourth-order valence-corrected chi connectivity index (χ4v) is 5.91. The lowest BCUT2D eigenvalue weighted by molar-refractivity contribution is -0.0183. The van der Waals surface area contributed by atoms with Gasteiger partial charge in [-0.15, -0.1) is 0 Å². The number of amides is 1. The molecule has 188 valence electrons. The van der Waals surface area contributed by atoms with Gasteiger partial charge in [-0.05, 0) is 75.5 Å². The zero-order valence-electron chi connectivity index (χ0n) is 21.2. The van der Waals surface area contributed by atoms with Crippen molar-refractivity contribution in [1.82, 2.24) is 9.97 Å². The van der Waals surface area contributed by atoms with Crippen molar-refractivity contribution in [2.75, 3.05) is 22.9 Å². The monoisotopic (exact) mass is 487 g/mol. The average molecular weight is 488 g/mol. The second-order valence-electron chi connectivity index (χ2n) is 11.3. The van der Waals surface area contributed by atoms with Crippen LogP contribution in [0.1, 0.15) is 69.7 Å². The summed E-state index contributed by atoms with van der Waals surface area (Å²) in [6, 6.07) is 8.22. The second-order valence-corrected chi connectivity index (χ2v) is 11.3. The minimum Gasteiger partial charge on any atom is -0.441 e. The number of carbonyl (C=O) groups excluding carboxylic acids is 1. The molecule has 1 aromatic heterocycles.